The summed E-state index contributed by atoms with van der Waals surface area (Å²) in [4.78, 5) is 2.74. The van der Waals surface area contributed by atoms with Gasteiger partial charge in [0.2, 0.25) is 0 Å². The van der Waals surface area contributed by atoms with Gasteiger partial charge >= 0.3 is 0 Å². The summed E-state index contributed by atoms with van der Waals surface area (Å²) in [5.74, 6) is 0.951. The van der Waals surface area contributed by atoms with Crippen LogP contribution in [-0.4, -0.2) is 35.6 Å². The van der Waals surface area contributed by atoms with Crippen LogP contribution in [0.25, 0.3) is 0 Å². The predicted octanol–water partition coefficient (Wildman–Crippen LogP) is 2.64. The average molecular weight is 224 g/mol. The molecular weight excluding hydrogens is 196 g/mol. The molecule has 16 heavy (non-hydrogen) atoms. The lowest BCUT2D eigenvalue weighted by molar-refractivity contribution is 0.0783. The maximum Gasteiger partial charge on any atom is 0.0278 e. The first-order valence-electron chi connectivity index (χ1n) is 6.98. The molecule has 1 atom stereocenters. The lowest BCUT2D eigenvalue weighted by Gasteiger charge is -2.42. The fourth-order valence-corrected chi connectivity index (χ4v) is 2.99. The molecule has 1 saturated heterocycles. The van der Waals surface area contributed by atoms with Crippen LogP contribution in [0, 0.1) is 5.92 Å². The zero-order chi connectivity index (χ0) is 11.8. The third kappa shape index (κ3) is 2.43. The van der Waals surface area contributed by atoms with Crippen LogP contribution in [0.2, 0.25) is 0 Å². The molecule has 0 radical (unpaired) electrons. The molecule has 2 fully saturated rings. The standard InChI is InChI=1S/C14H28N2/c1-5-14(4)11-16(10-6-9-15-14)13(2,3)12-7-8-12/h12,15H,5-11H2,1-4H3. The van der Waals surface area contributed by atoms with Gasteiger partial charge in [-0.05, 0) is 65.5 Å². The van der Waals surface area contributed by atoms with Crippen molar-refractivity contribution in [2.45, 2.75) is 64.5 Å². The summed E-state index contributed by atoms with van der Waals surface area (Å²) in [6, 6.07) is 0. The summed E-state index contributed by atoms with van der Waals surface area (Å²) in [5, 5.41) is 3.73. The van der Waals surface area contributed by atoms with Crippen LogP contribution < -0.4 is 5.32 Å². The largest absolute Gasteiger partial charge is 0.310 e. The minimum Gasteiger partial charge on any atom is -0.310 e. The Morgan fingerprint density at radius 2 is 2.06 bits per heavy atom. The third-order valence-electron chi connectivity index (χ3n) is 4.87. The second kappa shape index (κ2) is 4.30. The second-order valence-electron chi connectivity index (χ2n) is 6.54. The van der Waals surface area contributed by atoms with Crippen molar-refractivity contribution in [1.29, 1.82) is 0 Å². The second-order valence-corrected chi connectivity index (χ2v) is 6.54. The van der Waals surface area contributed by atoms with Crippen LogP contribution >= 0.6 is 0 Å². The Kier molecular flexibility index (Phi) is 3.33. The Balaban J connectivity index is 2.07. The van der Waals surface area contributed by atoms with E-state index in [-0.39, 0.29) is 0 Å². The fourth-order valence-electron chi connectivity index (χ4n) is 2.99. The highest BCUT2D eigenvalue weighted by Gasteiger charge is 2.44. The van der Waals surface area contributed by atoms with Gasteiger partial charge in [-0.3, -0.25) is 4.90 Å². The summed E-state index contributed by atoms with van der Waals surface area (Å²) < 4.78 is 0. The van der Waals surface area contributed by atoms with Crippen LogP contribution in [0.3, 0.4) is 0 Å². The Hall–Kier alpha value is -0.0800. The molecule has 0 amide bonds. The molecule has 1 aliphatic carbocycles. The van der Waals surface area contributed by atoms with Crippen molar-refractivity contribution in [3.8, 4) is 0 Å². The van der Waals surface area contributed by atoms with E-state index in [1.54, 1.807) is 0 Å². The van der Waals surface area contributed by atoms with Gasteiger partial charge in [0.25, 0.3) is 0 Å². The van der Waals surface area contributed by atoms with Gasteiger partial charge in [-0.15, -0.1) is 0 Å². The van der Waals surface area contributed by atoms with Crippen molar-refractivity contribution < 1.29 is 0 Å². The first-order chi connectivity index (χ1) is 7.48. The van der Waals surface area contributed by atoms with Gasteiger partial charge in [0.15, 0.2) is 0 Å². The van der Waals surface area contributed by atoms with Gasteiger partial charge in [-0.1, -0.05) is 6.92 Å². The molecule has 0 aromatic heterocycles. The molecule has 1 heterocycles. The van der Waals surface area contributed by atoms with Gasteiger partial charge < -0.3 is 5.32 Å². The molecule has 1 saturated carbocycles. The minimum atomic E-state index is 0.322. The number of hydrogen-bond donors (Lipinski definition) is 1. The number of nitrogens with zero attached hydrogens (tertiary/aromatic N) is 1. The van der Waals surface area contributed by atoms with E-state index in [1.165, 1.54) is 45.3 Å². The zero-order valence-corrected chi connectivity index (χ0v) is 11.5. The van der Waals surface area contributed by atoms with Gasteiger partial charge in [0.1, 0.15) is 0 Å². The Morgan fingerprint density at radius 1 is 1.38 bits per heavy atom. The minimum absolute atomic E-state index is 0.322. The van der Waals surface area contributed by atoms with E-state index in [2.05, 4.69) is 37.9 Å². The summed E-state index contributed by atoms with van der Waals surface area (Å²) in [6.07, 6.45) is 5.41. The number of hydrogen-bond acceptors (Lipinski definition) is 2. The van der Waals surface area contributed by atoms with Crippen LogP contribution in [0.5, 0.6) is 0 Å². The highest BCUT2D eigenvalue weighted by atomic mass is 15.2. The van der Waals surface area contributed by atoms with Crippen LogP contribution in [0.1, 0.15) is 53.4 Å². The quantitative estimate of drug-likeness (QED) is 0.793. The lowest BCUT2D eigenvalue weighted by Crippen LogP contribution is -2.54. The molecule has 0 aromatic carbocycles. The molecular formula is C14H28N2. The number of rotatable bonds is 3. The molecule has 94 valence electrons. The van der Waals surface area contributed by atoms with E-state index in [0.29, 0.717) is 11.1 Å². The van der Waals surface area contributed by atoms with Crippen molar-refractivity contribution >= 4 is 0 Å². The Morgan fingerprint density at radius 3 is 2.62 bits per heavy atom. The summed E-state index contributed by atoms with van der Waals surface area (Å²) in [7, 11) is 0. The third-order valence-corrected chi connectivity index (χ3v) is 4.87. The smallest absolute Gasteiger partial charge is 0.0278 e. The van der Waals surface area contributed by atoms with E-state index in [1.807, 2.05) is 0 Å². The SMILES string of the molecule is CCC1(C)CN(C(C)(C)C2CC2)CCCN1. The van der Waals surface area contributed by atoms with Crippen molar-refractivity contribution in [3.63, 3.8) is 0 Å². The maximum absolute atomic E-state index is 3.73. The normalized spacial score (nSPS) is 33.8. The van der Waals surface area contributed by atoms with Crippen molar-refractivity contribution in [3.05, 3.63) is 0 Å². The van der Waals surface area contributed by atoms with E-state index < -0.39 is 0 Å². The Labute approximate surface area is 101 Å². The summed E-state index contributed by atoms with van der Waals surface area (Å²) in [6.45, 7) is 13.3. The monoisotopic (exact) mass is 224 g/mol. The topological polar surface area (TPSA) is 15.3 Å². The van der Waals surface area contributed by atoms with Crippen LogP contribution in [0.4, 0.5) is 0 Å². The first-order valence-corrected chi connectivity index (χ1v) is 6.98. The molecule has 2 heteroatoms. The van der Waals surface area contributed by atoms with Gasteiger partial charge in [-0.2, -0.15) is 0 Å². The van der Waals surface area contributed by atoms with Gasteiger partial charge in [0, 0.05) is 17.6 Å². The maximum atomic E-state index is 3.73. The Bertz CT molecular complexity index is 245. The molecule has 2 rings (SSSR count). The summed E-state index contributed by atoms with van der Waals surface area (Å²) >= 11 is 0. The molecule has 2 aliphatic rings. The van der Waals surface area contributed by atoms with Crippen LogP contribution in [0.15, 0.2) is 0 Å². The van der Waals surface area contributed by atoms with E-state index in [0.717, 1.165) is 5.92 Å². The fraction of sp³-hybridized carbons (Fsp3) is 1.00. The van der Waals surface area contributed by atoms with Gasteiger partial charge in [-0.25, -0.2) is 0 Å². The van der Waals surface area contributed by atoms with E-state index in [9.17, 15) is 0 Å². The molecule has 0 spiro atoms. The molecule has 2 nitrogen and oxygen atoms in total. The van der Waals surface area contributed by atoms with Crippen LogP contribution in [-0.2, 0) is 0 Å². The number of nitrogens with one attached hydrogen (secondary N) is 1. The van der Waals surface area contributed by atoms with E-state index >= 15 is 0 Å². The molecule has 1 unspecified atom stereocenters. The zero-order valence-electron chi connectivity index (χ0n) is 11.5. The molecule has 1 N–H and O–H groups in total. The highest BCUT2D eigenvalue weighted by molar-refractivity contribution is 5.00. The molecule has 0 bridgehead atoms. The van der Waals surface area contributed by atoms with Crippen molar-refractivity contribution in [2.24, 2.45) is 5.92 Å². The van der Waals surface area contributed by atoms with E-state index in [4.69, 9.17) is 0 Å². The van der Waals surface area contributed by atoms with Gasteiger partial charge in [0.05, 0.1) is 0 Å². The first kappa shape index (κ1) is 12.4. The van der Waals surface area contributed by atoms with Crippen molar-refractivity contribution in [2.75, 3.05) is 19.6 Å². The predicted molar refractivity (Wildman–Crippen MR) is 69.7 cm³/mol. The van der Waals surface area contributed by atoms with Crippen molar-refractivity contribution in [1.82, 2.24) is 10.2 Å². The highest BCUT2D eigenvalue weighted by Crippen LogP contribution is 2.43. The molecule has 0 aromatic rings. The molecule has 1 aliphatic heterocycles. The summed E-state index contributed by atoms with van der Waals surface area (Å²) in [5.41, 5.74) is 0.741. The average Bonchev–Trinajstić information content (AvgIpc) is 3.04. The lowest BCUT2D eigenvalue weighted by atomic mass is 9.91.